The fourth-order valence-corrected chi connectivity index (χ4v) is 1.73. The minimum absolute atomic E-state index is 0.227. The zero-order chi connectivity index (χ0) is 13.8. The number of amides is 1. The van der Waals surface area contributed by atoms with Crippen LogP contribution in [0.15, 0.2) is 34.9 Å². The van der Waals surface area contributed by atoms with Crippen molar-refractivity contribution in [2.24, 2.45) is 0 Å². The molecule has 0 saturated carbocycles. The van der Waals surface area contributed by atoms with Crippen LogP contribution in [0, 0.1) is 6.92 Å². The second-order valence-corrected chi connectivity index (χ2v) is 5.05. The number of carbonyl (C=O) groups is 1. The second-order valence-electron chi connectivity index (χ2n) is 4.13. The maximum absolute atomic E-state index is 11.9. The molecule has 0 spiro atoms. The lowest BCUT2D eigenvalue weighted by atomic mass is 10.3. The number of aryl methyl sites for hydroxylation is 1. The van der Waals surface area contributed by atoms with Crippen LogP contribution in [0.1, 0.15) is 12.5 Å². The molecule has 0 saturated heterocycles. The molecule has 1 atom stereocenters. The molecule has 6 heteroatoms. The van der Waals surface area contributed by atoms with Gasteiger partial charge in [0.1, 0.15) is 11.6 Å². The molecule has 0 bridgehead atoms. The Bertz CT molecular complexity index is 566. The fourth-order valence-electron chi connectivity index (χ4n) is 1.47. The summed E-state index contributed by atoms with van der Waals surface area (Å²) < 4.78 is 6.52. The van der Waals surface area contributed by atoms with E-state index >= 15 is 0 Å². The van der Waals surface area contributed by atoms with Crippen LogP contribution >= 0.6 is 15.9 Å². The molecule has 0 aliphatic rings. The number of ether oxygens (including phenoxy) is 1. The number of nitrogens with zero attached hydrogens (tertiary/aromatic N) is 1. The summed E-state index contributed by atoms with van der Waals surface area (Å²) in [5.41, 5.74) is 0.879. The molecule has 19 heavy (non-hydrogen) atoms. The normalized spacial score (nSPS) is 11.9. The molecule has 1 aromatic heterocycles. The van der Waals surface area contributed by atoms with Gasteiger partial charge in [-0.25, -0.2) is 0 Å². The SMILES string of the molecule is Cc1cn[nH]c1NC(=O)C(C)Oc1ccc(Br)cc1. The van der Waals surface area contributed by atoms with Gasteiger partial charge in [-0.05, 0) is 38.1 Å². The van der Waals surface area contributed by atoms with Crippen molar-refractivity contribution in [2.75, 3.05) is 5.32 Å². The largest absolute Gasteiger partial charge is 0.481 e. The first-order valence-corrected chi connectivity index (χ1v) is 6.58. The minimum atomic E-state index is -0.594. The predicted octanol–water partition coefficient (Wildman–Crippen LogP) is 2.89. The van der Waals surface area contributed by atoms with E-state index in [1.54, 1.807) is 25.3 Å². The monoisotopic (exact) mass is 323 g/mol. The van der Waals surface area contributed by atoms with Crippen LogP contribution in [-0.2, 0) is 4.79 Å². The number of hydrogen-bond acceptors (Lipinski definition) is 3. The van der Waals surface area contributed by atoms with Gasteiger partial charge in [-0.1, -0.05) is 15.9 Å². The smallest absolute Gasteiger partial charge is 0.266 e. The van der Waals surface area contributed by atoms with Gasteiger partial charge >= 0.3 is 0 Å². The average Bonchev–Trinajstić information content (AvgIpc) is 2.78. The molecule has 0 fully saturated rings. The Morgan fingerprint density at radius 1 is 1.42 bits per heavy atom. The Morgan fingerprint density at radius 3 is 2.68 bits per heavy atom. The van der Waals surface area contributed by atoms with E-state index in [1.807, 2.05) is 19.1 Å². The third-order valence-electron chi connectivity index (χ3n) is 2.57. The number of benzene rings is 1. The van der Waals surface area contributed by atoms with Gasteiger partial charge in [-0.15, -0.1) is 0 Å². The van der Waals surface area contributed by atoms with Crippen LogP contribution in [-0.4, -0.2) is 22.2 Å². The first-order valence-electron chi connectivity index (χ1n) is 5.79. The van der Waals surface area contributed by atoms with Crippen molar-refractivity contribution in [1.29, 1.82) is 0 Å². The van der Waals surface area contributed by atoms with Gasteiger partial charge in [0, 0.05) is 10.0 Å². The van der Waals surface area contributed by atoms with E-state index in [9.17, 15) is 4.79 Å². The molecular formula is C13H14BrN3O2. The molecule has 0 radical (unpaired) electrons. The highest BCUT2D eigenvalue weighted by Crippen LogP contribution is 2.18. The number of aromatic nitrogens is 2. The van der Waals surface area contributed by atoms with Gasteiger partial charge < -0.3 is 10.1 Å². The maximum atomic E-state index is 11.9. The van der Waals surface area contributed by atoms with Crippen LogP contribution in [0.3, 0.4) is 0 Å². The molecule has 1 unspecified atom stereocenters. The standard InChI is InChI=1S/C13H14BrN3O2/c1-8-7-15-17-12(8)16-13(18)9(2)19-11-5-3-10(14)4-6-11/h3-7,9H,1-2H3,(H2,15,16,17,18). The van der Waals surface area contributed by atoms with E-state index in [-0.39, 0.29) is 5.91 Å². The highest BCUT2D eigenvalue weighted by atomic mass is 79.9. The van der Waals surface area contributed by atoms with Crippen molar-refractivity contribution in [3.8, 4) is 5.75 Å². The number of H-pyrrole nitrogens is 1. The minimum Gasteiger partial charge on any atom is -0.481 e. The van der Waals surface area contributed by atoms with Crippen molar-refractivity contribution in [1.82, 2.24) is 10.2 Å². The summed E-state index contributed by atoms with van der Waals surface area (Å²) in [6, 6.07) is 7.32. The van der Waals surface area contributed by atoms with E-state index in [0.29, 0.717) is 11.6 Å². The van der Waals surface area contributed by atoms with Gasteiger partial charge in [-0.2, -0.15) is 5.10 Å². The molecule has 1 heterocycles. The number of hydrogen-bond donors (Lipinski definition) is 2. The summed E-state index contributed by atoms with van der Waals surface area (Å²) in [6.07, 6.45) is 1.06. The first-order chi connectivity index (χ1) is 9.06. The molecule has 100 valence electrons. The van der Waals surface area contributed by atoms with Gasteiger partial charge in [0.25, 0.3) is 5.91 Å². The number of rotatable bonds is 4. The second kappa shape index (κ2) is 5.88. The topological polar surface area (TPSA) is 67.0 Å². The lowest BCUT2D eigenvalue weighted by Crippen LogP contribution is -2.30. The van der Waals surface area contributed by atoms with Gasteiger partial charge in [0.15, 0.2) is 6.10 Å². The lowest BCUT2D eigenvalue weighted by Gasteiger charge is -2.14. The fraction of sp³-hybridized carbons (Fsp3) is 0.231. The summed E-state index contributed by atoms with van der Waals surface area (Å²) >= 11 is 3.34. The number of halogens is 1. The molecular weight excluding hydrogens is 310 g/mol. The van der Waals surface area contributed by atoms with Gasteiger partial charge in [0.2, 0.25) is 0 Å². The average molecular weight is 324 g/mol. The van der Waals surface area contributed by atoms with Crippen molar-refractivity contribution in [2.45, 2.75) is 20.0 Å². The third kappa shape index (κ3) is 3.57. The van der Waals surface area contributed by atoms with E-state index in [1.165, 1.54) is 0 Å². The van der Waals surface area contributed by atoms with E-state index in [0.717, 1.165) is 10.0 Å². The summed E-state index contributed by atoms with van der Waals surface area (Å²) in [6.45, 7) is 3.56. The lowest BCUT2D eigenvalue weighted by molar-refractivity contribution is -0.122. The molecule has 2 aromatic rings. The zero-order valence-corrected chi connectivity index (χ0v) is 12.2. The van der Waals surface area contributed by atoms with Crippen LogP contribution < -0.4 is 10.1 Å². The number of anilines is 1. The summed E-state index contributed by atoms with van der Waals surface area (Å²) in [5, 5.41) is 9.29. The van der Waals surface area contributed by atoms with E-state index in [2.05, 4.69) is 31.4 Å². The Kier molecular flexibility index (Phi) is 4.21. The highest BCUT2D eigenvalue weighted by molar-refractivity contribution is 9.10. The van der Waals surface area contributed by atoms with Crippen LogP contribution in [0.4, 0.5) is 5.82 Å². The first kappa shape index (κ1) is 13.6. The predicted molar refractivity (Wildman–Crippen MR) is 76.2 cm³/mol. The van der Waals surface area contributed by atoms with Crippen molar-refractivity contribution in [3.63, 3.8) is 0 Å². The zero-order valence-electron chi connectivity index (χ0n) is 10.6. The Morgan fingerprint density at radius 2 is 2.11 bits per heavy atom. The Hall–Kier alpha value is -1.82. The molecule has 0 aliphatic carbocycles. The molecule has 0 aliphatic heterocycles. The van der Waals surface area contributed by atoms with Crippen molar-refractivity contribution < 1.29 is 9.53 Å². The third-order valence-corrected chi connectivity index (χ3v) is 3.10. The molecule has 1 aromatic carbocycles. The molecule has 1 amide bonds. The molecule has 2 rings (SSSR count). The number of aromatic amines is 1. The van der Waals surface area contributed by atoms with Crippen LogP contribution in [0.5, 0.6) is 5.75 Å². The van der Waals surface area contributed by atoms with Crippen LogP contribution in [0.25, 0.3) is 0 Å². The van der Waals surface area contributed by atoms with E-state index in [4.69, 9.17) is 4.74 Å². The molecule has 2 N–H and O–H groups in total. The van der Waals surface area contributed by atoms with Crippen LogP contribution in [0.2, 0.25) is 0 Å². The number of nitrogens with one attached hydrogen (secondary N) is 2. The van der Waals surface area contributed by atoms with E-state index < -0.39 is 6.10 Å². The van der Waals surface area contributed by atoms with Gasteiger partial charge in [0.05, 0.1) is 6.20 Å². The van der Waals surface area contributed by atoms with Gasteiger partial charge in [-0.3, -0.25) is 9.89 Å². The summed E-state index contributed by atoms with van der Waals surface area (Å²) in [4.78, 5) is 11.9. The Labute approximate surface area is 119 Å². The summed E-state index contributed by atoms with van der Waals surface area (Å²) in [5.74, 6) is 1.01. The highest BCUT2D eigenvalue weighted by Gasteiger charge is 2.16. The summed E-state index contributed by atoms with van der Waals surface area (Å²) in [7, 11) is 0. The quantitative estimate of drug-likeness (QED) is 0.909. The van der Waals surface area contributed by atoms with Crippen molar-refractivity contribution in [3.05, 3.63) is 40.5 Å². The maximum Gasteiger partial charge on any atom is 0.266 e. The molecule has 5 nitrogen and oxygen atoms in total. The van der Waals surface area contributed by atoms with Crippen molar-refractivity contribution >= 4 is 27.7 Å². The Balaban J connectivity index is 1.96. The number of carbonyl (C=O) groups excluding carboxylic acids is 1.